The van der Waals surface area contributed by atoms with Crippen molar-refractivity contribution < 1.29 is 0 Å². The van der Waals surface area contributed by atoms with E-state index in [9.17, 15) is 0 Å². The van der Waals surface area contributed by atoms with Crippen molar-refractivity contribution in [2.24, 2.45) is 0 Å². The molecule has 0 fully saturated rings. The second-order valence-electron chi connectivity index (χ2n) is 5.97. The van der Waals surface area contributed by atoms with Crippen LogP contribution in [0.4, 0.5) is 11.4 Å². The monoisotopic (exact) mass is 363 g/mol. The average molecular weight is 364 g/mol. The predicted octanol–water partition coefficient (Wildman–Crippen LogP) is 5.66. The third-order valence-electron chi connectivity index (χ3n) is 4.31. The van der Waals surface area contributed by atoms with Gasteiger partial charge in [-0.25, -0.2) is 0 Å². The van der Waals surface area contributed by atoms with Crippen LogP contribution in [0.2, 0.25) is 10.0 Å². The highest BCUT2D eigenvalue weighted by Gasteiger charge is 2.15. The normalized spacial score (nSPS) is 10.6. The first-order valence-corrected chi connectivity index (χ1v) is 8.62. The van der Waals surface area contributed by atoms with E-state index in [1.165, 1.54) is 0 Å². The van der Waals surface area contributed by atoms with Crippen molar-refractivity contribution in [2.45, 2.75) is 20.8 Å². The molecular weight excluding hydrogens is 341 g/mol. The molecular formula is C19H23Cl2N3. The minimum Gasteiger partial charge on any atom is -0.360 e. The molecule has 2 aromatic carbocycles. The number of rotatable bonds is 4. The van der Waals surface area contributed by atoms with Crippen LogP contribution in [0.25, 0.3) is 0 Å². The zero-order valence-electron chi connectivity index (χ0n) is 14.7. The zero-order valence-corrected chi connectivity index (χ0v) is 16.3. The fourth-order valence-electron chi connectivity index (χ4n) is 2.61. The van der Waals surface area contributed by atoms with Crippen LogP contribution in [-0.4, -0.2) is 31.4 Å². The van der Waals surface area contributed by atoms with Crippen LogP contribution in [0.1, 0.15) is 23.6 Å². The third kappa shape index (κ3) is 3.68. The van der Waals surface area contributed by atoms with E-state index in [1.807, 2.05) is 45.0 Å². The molecule has 0 unspecified atom stereocenters. The zero-order chi connectivity index (χ0) is 18.0. The molecule has 2 rings (SSSR count). The number of benzene rings is 2. The molecule has 0 heterocycles. The fourth-order valence-corrected chi connectivity index (χ4v) is 2.91. The molecule has 2 aromatic rings. The molecule has 0 amide bonds. The molecule has 24 heavy (non-hydrogen) atoms. The summed E-state index contributed by atoms with van der Waals surface area (Å²) in [6.45, 7) is 6.95. The number of hydrogen-bond acceptors (Lipinski definition) is 2. The number of anilines is 2. The lowest BCUT2D eigenvalue weighted by Crippen LogP contribution is -2.27. The van der Waals surface area contributed by atoms with Crippen molar-refractivity contribution in [3.05, 3.63) is 57.1 Å². The van der Waals surface area contributed by atoms with Gasteiger partial charge in [0.25, 0.3) is 0 Å². The lowest BCUT2D eigenvalue weighted by atomic mass is 10.0. The Morgan fingerprint density at radius 2 is 1.67 bits per heavy atom. The topological polar surface area (TPSA) is 30.3 Å². The van der Waals surface area contributed by atoms with Gasteiger partial charge in [0.2, 0.25) is 0 Å². The Labute approximate surface area is 154 Å². The quantitative estimate of drug-likeness (QED) is 0.561. The second-order valence-corrected chi connectivity index (χ2v) is 6.79. The minimum atomic E-state index is 0.540. The van der Waals surface area contributed by atoms with Crippen LogP contribution in [0.5, 0.6) is 0 Å². The highest BCUT2D eigenvalue weighted by molar-refractivity contribution is 6.42. The largest absolute Gasteiger partial charge is 0.360 e. The number of aryl methyl sites for hydroxylation is 2. The Hall–Kier alpha value is -1.71. The molecule has 1 N–H and O–H groups in total. The van der Waals surface area contributed by atoms with E-state index in [0.29, 0.717) is 15.9 Å². The number of nitrogens with one attached hydrogen (secondary N) is 1. The van der Waals surface area contributed by atoms with Crippen molar-refractivity contribution in [3.8, 4) is 0 Å². The maximum atomic E-state index is 8.35. The lowest BCUT2D eigenvalue weighted by molar-refractivity contribution is 0.532. The molecule has 0 atom stereocenters. The number of halogens is 2. The maximum absolute atomic E-state index is 8.35. The first-order valence-electron chi connectivity index (χ1n) is 7.86. The van der Waals surface area contributed by atoms with E-state index in [4.69, 9.17) is 28.6 Å². The van der Waals surface area contributed by atoms with Crippen LogP contribution >= 0.6 is 23.2 Å². The lowest BCUT2D eigenvalue weighted by Gasteiger charge is -2.25. The summed E-state index contributed by atoms with van der Waals surface area (Å²) in [5, 5.41) is 9.44. The highest BCUT2D eigenvalue weighted by atomic mass is 35.5. The standard InChI is InChI=1S/C19H23Cl2N3/c1-6-23(4)19(22)15-9-13(3)18(10-12(15)2)24(5)14-7-8-16(20)17(21)11-14/h7-11,22H,6H2,1-5H3. The molecule has 128 valence electrons. The van der Waals surface area contributed by atoms with Crippen LogP contribution in [-0.2, 0) is 0 Å². The summed E-state index contributed by atoms with van der Waals surface area (Å²) < 4.78 is 0. The molecule has 0 saturated carbocycles. The van der Waals surface area contributed by atoms with E-state index in [1.54, 1.807) is 6.07 Å². The summed E-state index contributed by atoms with van der Waals surface area (Å²) in [6.07, 6.45) is 0. The second kappa shape index (κ2) is 7.45. The first-order chi connectivity index (χ1) is 11.3. The summed E-state index contributed by atoms with van der Waals surface area (Å²) in [7, 11) is 3.94. The SMILES string of the molecule is CCN(C)C(=N)c1cc(C)c(N(C)c2ccc(Cl)c(Cl)c2)cc1C. The number of nitrogens with zero attached hydrogens (tertiary/aromatic N) is 2. The van der Waals surface area contributed by atoms with Gasteiger partial charge in [-0.15, -0.1) is 0 Å². The Morgan fingerprint density at radius 3 is 2.25 bits per heavy atom. The molecule has 0 bridgehead atoms. The fraction of sp³-hybridized carbons (Fsp3) is 0.316. The number of hydrogen-bond donors (Lipinski definition) is 1. The van der Waals surface area contributed by atoms with Gasteiger partial charge in [0, 0.05) is 37.6 Å². The van der Waals surface area contributed by atoms with Gasteiger partial charge in [-0.2, -0.15) is 0 Å². The van der Waals surface area contributed by atoms with Gasteiger partial charge in [0.15, 0.2) is 0 Å². The van der Waals surface area contributed by atoms with E-state index in [-0.39, 0.29) is 0 Å². The summed E-state index contributed by atoms with van der Waals surface area (Å²) in [5.74, 6) is 0.543. The van der Waals surface area contributed by atoms with Crippen LogP contribution in [0, 0.1) is 19.3 Å². The van der Waals surface area contributed by atoms with E-state index < -0.39 is 0 Å². The van der Waals surface area contributed by atoms with Crippen molar-refractivity contribution in [1.82, 2.24) is 4.90 Å². The molecule has 0 aliphatic carbocycles. The van der Waals surface area contributed by atoms with Crippen LogP contribution in [0.3, 0.4) is 0 Å². The minimum absolute atomic E-state index is 0.540. The van der Waals surface area contributed by atoms with Gasteiger partial charge >= 0.3 is 0 Å². The highest BCUT2D eigenvalue weighted by Crippen LogP contribution is 2.33. The molecule has 5 heteroatoms. The van der Waals surface area contributed by atoms with Gasteiger partial charge in [0.05, 0.1) is 10.0 Å². The Kier molecular flexibility index (Phi) is 5.79. The summed E-state index contributed by atoms with van der Waals surface area (Å²) >= 11 is 12.1. The Bertz CT molecular complexity index is 771. The number of amidine groups is 1. The molecule has 0 aliphatic rings. The van der Waals surface area contributed by atoms with E-state index in [0.717, 1.165) is 34.6 Å². The molecule has 0 aromatic heterocycles. The van der Waals surface area contributed by atoms with Gasteiger partial charge in [0.1, 0.15) is 5.84 Å². The van der Waals surface area contributed by atoms with Crippen molar-refractivity contribution in [2.75, 3.05) is 25.5 Å². The predicted molar refractivity (Wildman–Crippen MR) is 106 cm³/mol. The van der Waals surface area contributed by atoms with Crippen molar-refractivity contribution in [3.63, 3.8) is 0 Å². The van der Waals surface area contributed by atoms with E-state index >= 15 is 0 Å². The van der Waals surface area contributed by atoms with Gasteiger partial charge in [-0.05, 0) is 62.2 Å². The Balaban J connectivity index is 2.43. The van der Waals surface area contributed by atoms with Gasteiger partial charge < -0.3 is 9.80 Å². The summed E-state index contributed by atoms with van der Waals surface area (Å²) in [4.78, 5) is 4.02. The van der Waals surface area contributed by atoms with Crippen molar-refractivity contribution in [1.29, 1.82) is 5.41 Å². The smallest absolute Gasteiger partial charge is 0.128 e. The molecule has 0 radical (unpaired) electrons. The van der Waals surface area contributed by atoms with Gasteiger partial charge in [-0.1, -0.05) is 23.2 Å². The average Bonchev–Trinajstić information content (AvgIpc) is 2.57. The summed E-state index contributed by atoms with van der Waals surface area (Å²) in [5.41, 5.74) is 5.20. The molecule has 0 saturated heterocycles. The molecule has 0 spiro atoms. The van der Waals surface area contributed by atoms with Crippen LogP contribution in [0.15, 0.2) is 30.3 Å². The molecule has 3 nitrogen and oxygen atoms in total. The summed E-state index contributed by atoms with van der Waals surface area (Å²) in [6, 6.07) is 9.81. The molecule has 0 aliphatic heterocycles. The third-order valence-corrected chi connectivity index (χ3v) is 5.04. The first kappa shape index (κ1) is 18.6. The van der Waals surface area contributed by atoms with Gasteiger partial charge in [-0.3, -0.25) is 5.41 Å². The van der Waals surface area contributed by atoms with E-state index in [2.05, 4.69) is 24.0 Å². The van der Waals surface area contributed by atoms with Crippen molar-refractivity contribution >= 4 is 40.4 Å². The maximum Gasteiger partial charge on any atom is 0.128 e. The Morgan fingerprint density at radius 1 is 1.00 bits per heavy atom. The van der Waals surface area contributed by atoms with Crippen LogP contribution < -0.4 is 4.90 Å².